The molecule has 1 amide bonds. The lowest BCUT2D eigenvalue weighted by Crippen LogP contribution is -2.64. The van der Waals surface area contributed by atoms with Gasteiger partial charge in [-0.2, -0.15) is 0 Å². The lowest BCUT2D eigenvalue weighted by atomic mass is 9.90. The van der Waals surface area contributed by atoms with E-state index in [-0.39, 0.29) is 17.8 Å². The lowest BCUT2D eigenvalue weighted by Gasteiger charge is -2.46. The molecule has 2 aliphatic heterocycles. The van der Waals surface area contributed by atoms with E-state index in [0.717, 1.165) is 22.4 Å². The fraction of sp³-hybridized carbons (Fsp3) is 0.464. The average Bonchev–Trinajstić information content (AvgIpc) is 3.45. The Labute approximate surface area is 253 Å². The predicted octanol–water partition coefficient (Wildman–Crippen LogP) is 1.87. The Hall–Kier alpha value is -2.92. The first-order chi connectivity index (χ1) is 20.5. The summed E-state index contributed by atoms with van der Waals surface area (Å²) in [5.41, 5.74) is 1.17. The molecule has 1 aromatic heterocycles. The highest BCUT2D eigenvalue weighted by Gasteiger charge is 2.52. The number of carbonyl (C=O) groups is 1. The number of aliphatic hydroxyl groups is 3. The molecular formula is C28H31BrF3N5O6. The fourth-order valence-corrected chi connectivity index (χ4v) is 6.28. The number of anilines is 1. The summed E-state index contributed by atoms with van der Waals surface area (Å²) in [5.74, 6) is -5.07. The number of amides is 1. The van der Waals surface area contributed by atoms with Gasteiger partial charge in [-0.1, -0.05) is 21.1 Å². The molecular weight excluding hydrogens is 639 g/mol. The zero-order chi connectivity index (χ0) is 31.0. The number of benzene rings is 2. The molecule has 3 aromatic rings. The number of methoxy groups -OCH3 is 1. The molecule has 43 heavy (non-hydrogen) atoms. The van der Waals surface area contributed by atoms with Gasteiger partial charge in [0.15, 0.2) is 23.6 Å². The highest BCUT2D eigenvalue weighted by atomic mass is 79.9. The lowest BCUT2D eigenvalue weighted by molar-refractivity contribution is -0.211. The van der Waals surface area contributed by atoms with Gasteiger partial charge < -0.3 is 35.0 Å². The van der Waals surface area contributed by atoms with Crippen molar-refractivity contribution < 1.29 is 42.8 Å². The third-order valence-corrected chi connectivity index (χ3v) is 8.22. The second-order valence-electron chi connectivity index (χ2n) is 10.6. The Balaban J connectivity index is 1.55. The van der Waals surface area contributed by atoms with E-state index in [2.05, 4.69) is 31.6 Å². The quantitative estimate of drug-likeness (QED) is 0.277. The van der Waals surface area contributed by atoms with Crippen molar-refractivity contribution >= 4 is 27.5 Å². The first-order valence-corrected chi connectivity index (χ1v) is 14.4. The zero-order valence-electron chi connectivity index (χ0n) is 23.2. The van der Waals surface area contributed by atoms with Crippen molar-refractivity contribution in [2.45, 2.75) is 55.9 Å². The van der Waals surface area contributed by atoms with E-state index in [1.54, 1.807) is 12.1 Å². The van der Waals surface area contributed by atoms with Crippen LogP contribution < -0.4 is 10.2 Å². The first kappa shape index (κ1) is 31.5. The van der Waals surface area contributed by atoms with E-state index < -0.39 is 72.6 Å². The van der Waals surface area contributed by atoms with Crippen LogP contribution in [-0.2, 0) is 14.3 Å². The van der Waals surface area contributed by atoms with E-state index in [0.29, 0.717) is 23.1 Å². The minimum Gasteiger partial charge on any atom is -0.394 e. The number of aryl methyl sites for hydroxylation is 1. The Morgan fingerprint density at radius 3 is 2.56 bits per heavy atom. The number of hydrogen-bond donors (Lipinski definition) is 4. The second-order valence-corrected chi connectivity index (χ2v) is 11.5. The van der Waals surface area contributed by atoms with Crippen LogP contribution in [0.2, 0.25) is 0 Å². The molecule has 11 nitrogen and oxygen atoms in total. The smallest absolute Gasteiger partial charge is 0.259 e. The van der Waals surface area contributed by atoms with Crippen LogP contribution in [0.3, 0.4) is 0 Å². The van der Waals surface area contributed by atoms with Crippen molar-refractivity contribution in [3.05, 3.63) is 64.0 Å². The SMILES string of the molecule is COC1C(C(=O)N(c2cc(C)cc(Br)c2)[C@H]2CNCC[C@@H]2O)OC(CO)C(O)C1n1cc(-c2cc(F)c(F)c(F)c2)nn1. The van der Waals surface area contributed by atoms with Crippen molar-refractivity contribution in [1.82, 2.24) is 20.3 Å². The van der Waals surface area contributed by atoms with Crippen molar-refractivity contribution in [3.63, 3.8) is 0 Å². The molecule has 232 valence electrons. The summed E-state index contributed by atoms with van der Waals surface area (Å²) < 4.78 is 54.9. The summed E-state index contributed by atoms with van der Waals surface area (Å²) >= 11 is 3.47. The summed E-state index contributed by atoms with van der Waals surface area (Å²) in [7, 11) is 1.31. The highest BCUT2D eigenvalue weighted by Crippen LogP contribution is 2.36. The standard InChI is InChI=1S/C28H31BrF3N5O6/c1-13-5-15(29)9-16(6-13)37(20-10-33-4-3-21(20)39)28(41)27-26(42-2)24(25(40)22(12-38)43-27)36-11-19(34-35-36)14-7-17(30)23(32)18(31)8-14/h5-9,11,20-22,24-27,33,38-40H,3-4,10,12H2,1-2H3/t20-,21-,22?,24?,25?,26?,27?/m0/s1. The molecule has 5 unspecified atom stereocenters. The second kappa shape index (κ2) is 13.0. The van der Waals surface area contributed by atoms with Crippen LogP contribution in [0.1, 0.15) is 18.0 Å². The number of rotatable bonds is 7. The molecule has 0 radical (unpaired) electrons. The van der Waals surface area contributed by atoms with Gasteiger partial charge in [0.25, 0.3) is 5.91 Å². The molecule has 7 atom stereocenters. The van der Waals surface area contributed by atoms with Crippen molar-refractivity contribution in [2.24, 2.45) is 0 Å². The van der Waals surface area contributed by atoms with Gasteiger partial charge in [-0.05, 0) is 55.8 Å². The van der Waals surface area contributed by atoms with Crippen LogP contribution in [0.15, 0.2) is 41.0 Å². The Morgan fingerprint density at radius 2 is 1.93 bits per heavy atom. The zero-order valence-corrected chi connectivity index (χ0v) is 24.8. The van der Waals surface area contributed by atoms with Crippen LogP contribution in [0.5, 0.6) is 0 Å². The predicted molar refractivity (Wildman–Crippen MR) is 151 cm³/mol. The van der Waals surface area contributed by atoms with Crippen molar-refractivity contribution in [3.8, 4) is 11.3 Å². The summed E-state index contributed by atoms with van der Waals surface area (Å²) in [6.45, 7) is 2.04. The van der Waals surface area contributed by atoms with Crippen LogP contribution in [0.4, 0.5) is 18.9 Å². The van der Waals surface area contributed by atoms with E-state index >= 15 is 0 Å². The molecule has 2 fully saturated rings. The van der Waals surface area contributed by atoms with Crippen LogP contribution in [0.25, 0.3) is 11.3 Å². The number of aromatic nitrogens is 3. The minimum atomic E-state index is -1.63. The first-order valence-electron chi connectivity index (χ1n) is 13.6. The maximum Gasteiger partial charge on any atom is 0.259 e. The Kier molecular flexibility index (Phi) is 9.51. The van der Waals surface area contributed by atoms with Gasteiger partial charge in [-0.25, -0.2) is 17.9 Å². The van der Waals surface area contributed by atoms with E-state index in [1.165, 1.54) is 18.2 Å². The summed E-state index contributed by atoms with van der Waals surface area (Å²) in [6, 6.07) is 5.05. The van der Waals surface area contributed by atoms with E-state index in [4.69, 9.17) is 9.47 Å². The van der Waals surface area contributed by atoms with Crippen LogP contribution in [-0.4, -0.2) is 99.6 Å². The third kappa shape index (κ3) is 6.20. The molecule has 0 bridgehead atoms. The minimum absolute atomic E-state index is 0.0441. The van der Waals surface area contributed by atoms with Gasteiger partial charge in [0, 0.05) is 29.4 Å². The maximum atomic E-state index is 14.5. The van der Waals surface area contributed by atoms with Crippen molar-refractivity contribution in [1.29, 1.82) is 0 Å². The number of halogens is 4. The summed E-state index contributed by atoms with van der Waals surface area (Å²) in [5, 5.41) is 43.4. The monoisotopic (exact) mass is 669 g/mol. The molecule has 0 saturated carbocycles. The molecule has 5 rings (SSSR count). The number of ether oxygens (including phenoxy) is 2. The number of carbonyl (C=O) groups excluding carboxylic acids is 1. The topological polar surface area (TPSA) is 142 Å². The van der Waals surface area contributed by atoms with Gasteiger partial charge in [-0.3, -0.25) is 4.79 Å². The van der Waals surface area contributed by atoms with Gasteiger partial charge in [0.05, 0.1) is 24.9 Å². The van der Waals surface area contributed by atoms with Gasteiger partial charge in [0.1, 0.15) is 30.0 Å². The largest absolute Gasteiger partial charge is 0.394 e. The van der Waals surface area contributed by atoms with Crippen LogP contribution >= 0.6 is 15.9 Å². The number of aliphatic hydroxyl groups excluding tert-OH is 3. The molecule has 3 heterocycles. The third-order valence-electron chi connectivity index (χ3n) is 7.77. The molecule has 2 saturated heterocycles. The van der Waals surface area contributed by atoms with Crippen molar-refractivity contribution in [2.75, 3.05) is 31.7 Å². The average molecular weight is 670 g/mol. The highest BCUT2D eigenvalue weighted by molar-refractivity contribution is 9.10. The molecule has 2 aromatic carbocycles. The van der Waals surface area contributed by atoms with Gasteiger partial charge >= 0.3 is 0 Å². The summed E-state index contributed by atoms with van der Waals surface area (Å²) in [6.07, 6.45) is -4.54. The Bertz CT molecular complexity index is 1440. The van der Waals surface area contributed by atoms with E-state index in [9.17, 15) is 33.3 Å². The number of nitrogens with zero attached hydrogens (tertiary/aromatic N) is 4. The van der Waals surface area contributed by atoms with Gasteiger partial charge in [-0.15, -0.1) is 5.10 Å². The molecule has 4 N–H and O–H groups in total. The maximum absolute atomic E-state index is 14.5. The van der Waals surface area contributed by atoms with E-state index in [1.807, 2.05) is 13.0 Å². The van der Waals surface area contributed by atoms with Crippen LogP contribution in [0, 0.1) is 24.4 Å². The number of nitrogens with one attached hydrogen (secondary N) is 1. The normalized spacial score (nSPS) is 27.7. The Morgan fingerprint density at radius 1 is 1.21 bits per heavy atom. The number of hydrogen-bond acceptors (Lipinski definition) is 9. The molecule has 0 spiro atoms. The summed E-state index contributed by atoms with van der Waals surface area (Å²) in [4.78, 5) is 15.9. The fourth-order valence-electron chi connectivity index (χ4n) is 5.68. The molecule has 15 heteroatoms. The number of piperidine rings is 1. The molecule has 2 aliphatic rings. The molecule has 0 aliphatic carbocycles. The van der Waals surface area contributed by atoms with Gasteiger partial charge in [0.2, 0.25) is 0 Å².